The summed E-state index contributed by atoms with van der Waals surface area (Å²) in [6.07, 6.45) is 1.96. The van der Waals surface area contributed by atoms with E-state index < -0.39 is 0 Å². The molecule has 2 aliphatic rings. The molecule has 1 fully saturated rings. The maximum atomic E-state index is 6.10. The van der Waals surface area contributed by atoms with Gasteiger partial charge in [-0.05, 0) is 23.0 Å². The fraction of sp³-hybridized carbons (Fsp3) is 0.600. The van der Waals surface area contributed by atoms with E-state index in [9.17, 15) is 0 Å². The van der Waals surface area contributed by atoms with Gasteiger partial charge in [0.15, 0.2) is 5.76 Å². The summed E-state index contributed by atoms with van der Waals surface area (Å²) in [7, 11) is 0. The largest absolute Gasteiger partial charge is 0.490 e. The zero-order valence-electron chi connectivity index (χ0n) is 15.6. The Balaban J connectivity index is 1.96. The van der Waals surface area contributed by atoms with E-state index in [4.69, 9.17) is 18.9 Å². The number of ether oxygens (including phenoxy) is 4. The summed E-state index contributed by atoms with van der Waals surface area (Å²) in [6, 6.07) is 4.27. The van der Waals surface area contributed by atoms with Crippen LogP contribution in [-0.4, -0.2) is 25.9 Å². The number of benzene rings is 1. The van der Waals surface area contributed by atoms with Gasteiger partial charge in [0, 0.05) is 11.1 Å². The van der Waals surface area contributed by atoms with Crippen molar-refractivity contribution in [3.05, 3.63) is 35.3 Å². The van der Waals surface area contributed by atoms with Gasteiger partial charge >= 0.3 is 0 Å². The molecule has 0 N–H and O–H groups in total. The molecule has 3 rings (SSSR count). The van der Waals surface area contributed by atoms with Gasteiger partial charge in [0.2, 0.25) is 0 Å². The first-order chi connectivity index (χ1) is 11.1. The molecule has 0 aromatic heterocycles. The second-order valence-electron chi connectivity index (χ2n) is 8.60. The van der Waals surface area contributed by atoms with Crippen LogP contribution >= 0.6 is 0 Å². The Labute approximate surface area is 144 Å². The minimum atomic E-state index is -0.0429. The fourth-order valence-corrected chi connectivity index (χ4v) is 2.58. The number of rotatable bonds is 6. The molecule has 1 unspecified atom stereocenters. The van der Waals surface area contributed by atoms with Crippen LogP contribution in [0.4, 0.5) is 0 Å². The molecule has 0 amide bonds. The van der Waals surface area contributed by atoms with Crippen LogP contribution in [0.25, 0.3) is 0 Å². The van der Waals surface area contributed by atoms with Crippen molar-refractivity contribution >= 4 is 0 Å². The molecular weight excluding hydrogens is 304 g/mol. The molecule has 0 aliphatic carbocycles. The Kier molecular flexibility index (Phi) is 4.28. The monoisotopic (exact) mass is 332 g/mol. The van der Waals surface area contributed by atoms with Crippen molar-refractivity contribution in [2.45, 2.75) is 58.5 Å². The molecule has 1 saturated heterocycles. The van der Waals surface area contributed by atoms with E-state index in [1.807, 2.05) is 0 Å². The average Bonchev–Trinajstić information content (AvgIpc) is 3.34. The smallest absolute Gasteiger partial charge is 0.176 e. The molecule has 0 bridgehead atoms. The van der Waals surface area contributed by atoms with Crippen molar-refractivity contribution in [2.75, 3.05) is 19.8 Å². The molecule has 2 heterocycles. The molecule has 0 radical (unpaired) electrons. The summed E-state index contributed by atoms with van der Waals surface area (Å²) in [4.78, 5) is 0. The van der Waals surface area contributed by atoms with Gasteiger partial charge in [0.25, 0.3) is 0 Å². The Morgan fingerprint density at radius 3 is 1.88 bits per heavy atom. The van der Waals surface area contributed by atoms with E-state index in [1.54, 1.807) is 6.26 Å². The van der Waals surface area contributed by atoms with Gasteiger partial charge in [0.1, 0.15) is 37.1 Å². The van der Waals surface area contributed by atoms with Gasteiger partial charge in [-0.1, -0.05) is 41.5 Å². The quantitative estimate of drug-likeness (QED) is 0.728. The Morgan fingerprint density at radius 2 is 1.46 bits per heavy atom. The fourth-order valence-electron chi connectivity index (χ4n) is 2.58. The molecule has 1 atom stereocenters. The van der Waals surface area contributed by atoms with Crippen molar-refractivity contribution in [2.24, 2.45) is 0 Å². The number of hydrogen-bond donors (Lipinski definition) is 0. The standard InChI is InChI=1S/C20H28O4/c1-19(2,3)15-7-18(24-12-14-10-22-14)16(20(4,5)6)8-17(15)23-11-13-9-21-13/h7-9,14H,10-12H2,1-6H3. The lowest BCUT2D eigenvalue weighted by Gasteiger charge is -2.29. The molecule has 0 spiro atoms. The van der Waals surface area contributed by atoms with Crippen molar-refractivity contribution < 1.29 is 18.9 Å². The normalized spacial score (nSPS) is 19.4. The highest BCUT2D eigenvalue weighted by molar-refractivity contribution is 5.51. The summed E-state index contributed by atoms with van der Waals surface area (Å²) in [5, 5.41) is 0. The van der Waals surface area contributed by atoms with E-state index >= 15 is 0 Å². The van der Waals surface area contributed by atoms with E-state index in [2.05, 4.69) is 53.7 Å². The number of epoxide rings is 1. The van der Waals surface area contributed by atoms with Crippen molar-refractivity contribution in [3.8, 4) is 11.5 Å². The van der Waals surface area contributed by atoms with E-state index in [-0.39, 0.29) is 16.9 Å². The Morgan fingerprint density at radius 1 is 0.958 bits per heavy atom. The first kappa shape index (κ1) is 17.2. The highest BCUT2D eigenvalue weighted by Crippen LogP contribution is 2.41. The summed E-state index contributed by atoms with van der Waals surface area (Å²) in [6.45, 7) is 15.0. The van der Waals surface area contributed by atoms with Crippen LogP contribution in [0.2, 0.25) is 0 Å². The van der Waals surface area contributed by atoms with Gasteiger partial charge in [-0.15, -0.1) is 0 Å². The summed E-state index contributed by atoms with van der Waals surface area (Å²) in [5.41, 5.74) is 2.21. The van der Waals surface area contributed by atoms with Crippen LogP contribution in [0.5, 0.6) is 11.5 Å². The summed E-state index contributed by atoms with van der Waals surface area (Å²) >= 11 is 0. The lowest BCUT2D eigenvalue weighted by atomic mass is 9.81. The van der Waals surface area contributed by atoms with E-state index in [1.165, 1.54) is 0 Å². The van der Waals surface area contributed by atoms with Crippen LogP contribution < -0.4 is 9.47 Å². The van der Waals surface area contributed by atoms with Crippen molar-refractivity contribution in [1.29, 1.82) is 0 Å². The minimum Gasteiger partial charge on any atom is -0.490 e. The van der Waals surface area contributed by atoms with Gasteiger partial charge in [-0.25, -0.2) is 0 Å². The zero-order chi connectivity index (χ0) is 17.5. The zero-order valence-corrected chi connectivity index (χ0v) is 15.6. The topological polar surface area (TPSA) is 43.5 Å². The van der Waals surface area contributed by atoms with E-state index in [0.29, 0.717) is 13.2 Å². The van der Waals surface area contributed by atoms with Gasteiger partial charge in [-0.3, -0.25) is 0 Å². The lowest BCUT2D eigenvalue weighted by Crippen LogP contribution is -2.19. The van der Waals surface area contributed by atoms with Gasteiger partial charge < -0.3 is 18.9 Å². The molecule has 1 aromatic carbocycles. The third-order valence-corrected chi connectivity index (χ3v) is 4.18. The summed E-state index contributed by atoms with van der Waals surface area (Å²) < 4.78 is 22.5. The second-order valence-corrected chi connectivity index (χ2v) is 8.60. The molecule has 2 aliphatic heterocycles. The predicted molar refractivity (Wildman–Crippen MR) is 93.7 cm³/mol. The molecule has 4 nitrogen and oxygen atoms in total. The van der Waals surface area contributed by atoms with Crippen LogP contribution in [0, 0.1) is 0 Å². The average molecular weight is 332 g/mol. The van der Waals surface area contributed by atoms with Crippen LogP contribution in [0.3, 0.4) is 0 Å². The first-order valence-electron chi connectivity index (χ1n) is 8.56. The molecule has 4 heteroatoms. The lowest BCUT2D eigenvalue weighted by molar-refractivity contribution is 0.256. The van der Waals surface area contributed by atoms with Crippen LogP contribution in [0.1, 0.15) is 52.7 Å². The van der Waals surface area contributed by atoms with Crippen LogP contribution in [-0.2, 0) is 20.3 Å². The number of hydrogen-bond acceptors (Lipinski definition) is 4. The molecule has 1 aromatic rings. The molecule has 132 valence electrons. The SMILES string of the molecule is CC(C)(C)c1cc(OCC2CO2)c(C(C)(C)C)cc1OCC1=CO1. The van der Waals surface area contributed by atoms with Gasteiger partial charge in [-0.2, -0.15) is 0 Å². The second kappa shape index (κ2) is 5.99. The van der Waals surface area contributed by atoms with Crippen molar-refractivity contribution in [3.63, 3.8) is 0 Å². The van der Waals surface area contributed by atoms with Gasteiger partial charge in [0.05, 0.1) is 6.61 Å². The highest BCUT2D eigenvalue weighted by Gasteiger charge is 2.29. The molecule has 0 saturated carbocycles. The summed E-state index contributed by atoms with van der Waals surface area (Å²) in [5.74, 6) is 2.72. The molecular formula is C20H28O4. The van der Waals surface area contributed by atoms with Crippen LogP contribution in [0.15, 0.2) is 24.2 Å². The van der Waals surface area contributed by atoms with Crippen molar-refractivity contribution in [1.82, 2.24) is 0 Å². The maximum Gasteiger partial charge on any atom is 0.176 e. The third-order valence-electron chi connectivity index (χ3n) is 4.18. The highest BCUT2D eigenvalue weighted by atomic mass is 16.6. The molecule has 24 heavy (non-hydrogen) atoms. The predicted octanol–water partition coefficient (Wildman–Crippen LogP) is 4.31. The first-order valence-corrected chi connectivity index (χ1v) is 8.56. The maximum absolute atomic E-state index is 6.10. The minimum absolute atomic E-state index is 0.0381. The van der Waals surface area contributed by atoms with E-state index in [0.717, 1.165) is 35.0 Å². The Bertz CT molecular complexity index is 643. The third kappa shape index (κ3) is 4.23. The Hall–Kier alpha value is -1.68.